The van der Waals surface area contributed by atoms with Crippen molar-refractivity contribution >= 4 is 21.4 Å². The van der Waals surface area contributed by atoms with Crippen molar-refractivity contribution in [2.75, 3.05) is 0 Å². The third kappa shape index (κ3) is 1.39. The standard InChI is InChI=1S/C9H7BrN2O2/c1-5-2-6(10)7-3-8(13)11-9(14)12(7)4-5/h2-4H,1H3,(H,11,13,14). The van der Waals surface area contributed by atoms with Gasteiger partial charge in [-0.3, -0.25) is 14.2 Å². The van der Waals surface area contributed by atoms with Crippen molar-refractivity contribution in [3.63, 3.8) is 0 Å². The summed E-state index contributed by atoms with van der Waals surface area (Å²) in [7, 11) is 0. The highest BCUT2D eigenvalue weighted by Crippen LogP contribution is 2.16. The zero-order valence-electron chi connectivity index (χ0n) is 7.37. The molecule has 0 amide bonds. The molecule has 0 spiro atoms. The third-order valence-electron chi connectivity index (χ3n) is 1.91. The number of hydrogen-bond acceptors (Lipinski definition) is 2. The molecule has 2 heterocycles. The minimum Gasteiger partial charge on any atom is -0.274 e. The van der Waals surface area contributed by atoms with E-state index in [0.29, 0.717) is 5.52 Å². The molecule has 4 nitrogen and oxygen atoms in total. The Bertz CT molecular complexity index is 612. The number of nitrogens with one attached hydrogen (secondary N) is 1. The Morgan fingerprint density at radius 1 is 1.36 bits per heavy atom. The summed E-state index contributed by atoms with van der Waals surface area (Å²) >= 11 is 3.30. The van der Waals surface area contributed by atoms with Crippen LogP contribution in [0.25, 0.3) is 5.52 Å². The first-order valence-electron chi connectivity index (χ1n) is 4.00. The molecule has 5 heteroatoms. The van der Waals surface area contributed by atoms with Crippen LogP contribution in [0, 0.1) is 6.92 Å². The van der Waals surface area contributed by atoms with E-state index >= 15 is 0 Å². The average molecular weight is 255 g/mol. The van der Waals surface area contributed by atoms with Gasteiger partial charge in [0.15, 0.2) is 0 Å². The number of aromatic nitrogens is 2. The van der Waals surface area contributed by atoms with Gasteiger partial charge in [0, 0.05) is 16.7 Å². The second kappa shape index (κ2) is 3.09. The molecule has 2 rings (SSSR count). The molecule has 0 aliphatic carbocycles. The zero-order chi connectivity index (χ0) is 10.3. The van der Waals surface area contributed by atoms with Crippen molar-refractivity contribution < 1.29 is 0 Å². The van der Waals surface area contributed by atoms with Gasteiger partial charge in [-0.15, -0.1) is 0 Å². The summed E-state index contributed by atoms with van der Waals surface area (Å²) in [4.78, 5) is 24.6. The van der Waals surface area contributed by atoms with Gasteiger partial charge in [0.1, 0.15) is 0 Å². The van der Waals surface area contributed by atoms with E-state index in [1.807, 2.05) is 13.0 Å². The fourth-order valence-corrected chi connectivity index (χ4v) is 2.00. The SMILES string of the molecule is Cc1cc(Br)c2cc(=O)[nH]c(=O)n2c1. The largest absolute Gasteiger partial charge is 0.332 e. The van der Waals surface area contributed by atoms with Crippen LogP contribution in [0.5, 0.6) is 0 Å². The molecule has 0 aliphatic heterocycles. The molecular formula is C9H7BrN2O2. The number of H-pyrrole nitrogens is 1. The number of halogens is 1. The number of pyridine rings is 1. The van der Waals surface area contributed by atoms with Crippen LogP contribution >= 0.6 is 15.9 Å². The molecule has 2 aromatic rings. The van der Waals surface area contributed by atoms with Crippen LogP contribution in [-0.2, 0) is 0 Å². The number of hydrogen-bond donors (Lipinski definition) is 1. The second-order valence-corrected chi connectivity index (χ2v) is 3.91. The van der Waals surface area contributed by atoms with Gasteiger partial charge < -0.3 is 0 Å². The van der Waals surface area contributed by atoms with E-state index in [1.54, 1.807) is 6.20 Å². The van der Waals surface area contributed by atoms with Gasteiger partial charge in [0.25, 0.3) is 5.56 Å². The molecular weight excluding hydrogens is 248 g/mol. The summed E-state index contributed by atoms with van der Waals surface area (Å²) < 4.78 is 2.14. The van der Waals surface area contributed by atoms with Gasteiger partial charge in [0.2, 0.25) is 0 Å². The maximum atomic E-state index is 11.4. The minimum atomic E-state index is -0.420. The summed E-state index contributed by atoms with van der Waals surface area (Å²) in [5.74, 6) is 0. The highest BCUT2D eigenvalue weighted by atomic mass is 79.9. The van der Waals surface area contributed by atoms with E-state index in [2.05, 4.69) is 20.9 Å². The van der Waals surface area contributed by atoms with E-state index in [4.69, 9.17) is 0 Å². The van der Waals surface area contributed by atoms with Crippen molar-refractivity contribution in [2.45, 2.75) is 6.92 Å². The van der Waals surface area contributed by atoms with Crippen LogP contribution in [0.1, 0.15) is 5.56 Å². The van der Waals surface area contributed by atoms with E-state index in [1.165, 1.54) is 10.5 Å². The Balaban J connectivity index is 3.10. The Kier molecular flexibility index (Phi) is 2.03. The lowest BCUT2D eigenvalue weighted by atomic mass is 10.3. The number of fused-ring (bicyclic) bond motifs is 1. The van der Waals surface area contributed by atoms with Crippen LogP contribution < -0.4 is 11.2 Å². The Labute approximate surface area is 87.3 Å². The van der Waals surface area contributed by atoms with Gasteiger partial charge in [-0.05, 0) is 34.5 Å². The topological polar surface area (TPSA) is 54.3 Å². The van der Waals surface area contributed by atoms with Crippen molar-refractivity contribution in [1.29, 1.82) is 0 Å². The molecule has 0 saturated heterocycles. The Hall–Kier alpha value is -1.36. The van der Waals surface area contributed by atoms with Crippen LogP contribution in [0.2, 0.25) is 0 Å². The van der Waals surface area contributed by atoms with Gasteiger partial charge in [-0.1, -0.05) is 0 Å². The van der Waals surface area contributed by atoms with Crippen molar-refractivity contribution in [3.05, 3.63) is 49.2 Å². The normalized spacial score (nSPS) is 10.7. The molecule has 0 aromatic carbocycles. The number of rotatable bonds is 0. The number of nitrogens with zero attached hydrogens (tertiary/aromatic N) is 1. The average Bonchev–Trinajstić information content (AvgIpc) is 2.07. The van der Waals surface area contributed by atoms with Crippen LogP contribution in [0.4, 0.5) is 0 Å². The first kappa shape index (κ1) is 9.21. The van der Waals surface area contributed by atoms with E-state index in [-0.39, 0.29) is 5.56 Å². The van der Waals surface area contributed by atoms with Crippen molar-refractivity contribution in [1.82, 2.24) is 9.38 Å². The van der Waals surface area contributed by atoms with Gasteiger partial charge in [0.05, 0.1) is 5.52 Å². The highest BCUT2D eigenvalue weighted by molar-refractivity contribution is 9.10. The smallest absolute Gasteiger partial charge is 0.274 e. The van der Waals surface area contributed by atoms with Crippen molar-refractivity contribution in [2.24, 2.45) is 0 Å². The first-order chi connectivity index (χ1) is 6.58. The predicted molar refractivity (Wildman–Crippen MR) is 56.7 cm³/mol. The molecule has 14 heavy (non-hydrogen) atoms. The van der Waals surface area contributed by atoms with Gasteiger partial charge >= 0.3 is 5.69 Å². The monoisotopic (exact) mass is 254 g/mol. The molecule has 0 radical (unpaired) electrons. The molecule has 0 atom stereocenters. The summed E-state index contributed by atoms with van der Waals surface area (Å²) in [6.07, 6.45) is 1.68. The van der Waals surface area contributed by atoms with E-state index in [9.17, 15) is 9.59 Å². The van der Waals surface area contributed by atoms with E-state index in [0.717, 1.165) is 10.0 Å². The molecule has 1 N–H and O–H groups in total. The maximum Gasteiger partial charge on any atom is 0.332 e. The van der Waals surface area contributed by atoms with E-state index < -0.39 is 5.69 Å². The highest BCUT2D eigenvalue weighted by Gasteiger charge is 2.02. The molecule has 0 bridgehead atoms. The second-order valence-electron chi connectivity index (χ2n) is 3.06. The summed E-state index contributed by atoms with van der Waals surface area (Å²) in [6, 6.07) is 3.24. The molecule has 0 aliphatic rings. The molecule has 0 unspecified atom stereocenters. The lowest BCUT2D eigenvalue weighted by Gasteiger charge is -2.02. The predicted octanol–water partition coefficient (Wildman–Crippen LogP) is 1.06. The summed E-state index contributed by atoms with van der Waals surface area (Å²) in [5, 5.41) is 0. The summed E-state index contributed by atoms with van der Waals surface area (Å²) in [5.41, 5.74) is 0.708. The van der Waals surface area contributed by atoms with Crippen molar-refractivity contribution in [3.8, 4) is 0 Å². The van der Waals surface area contributed by atoms with Crippen LogP contribution in [-0.4, -0.2) is 9.38 Å². The number of aryl methyl sites for hydroxylation is 1. The quantitative estimate of drug-likeness (QED) is 0.765. The Morgan fingerprint density at radius 3 is 2.79 bits per heavy atom. The fraction of sp³-hybridized carbons (Fsp3) is 0.111. The number of aromatic amines is 1. The molecule has 0 saturated carbocycles. The zero-order valence-corrected chi connectivity index (χ0v) is 8.96. The van der Waals surface area contributed by atoms with Crippen LogP contribution in [0.15, 0.2) is 32.4 Å². The first-order valence-corrected chi connectivity index (χ1v) is 4.79. The summed E-state index contributed by atoms with van der Waals surface area (Å²) in [6.45, 7) is 1.88. The molecule has 0 fully saturated rings. The van der Waals surface area contributed by atoms with Gasteiger partial charge in [-0.2, -0.15) is 0 Å². The lowest BCUT2D eigenvalue weighted by Crippen LogP contribution is -2.25. The third-order valence-corrected chi connectivity index (χ3v) is 2.54. The van der Waals surface area contributed by atoms with Gasteiger partial charge in [-0.25, -0.2) is 4.79 Å². The lowest BCUT2D eigenvalue weighted by molar-refractivity contribution is 0.959. The maximum absolute atomic E-state index is 11.4. The Morgan fingerprint density at radius 2 is 2.07 bits per heavy atom. The molecule has 72 valence electrons. The van der Waals surface area contributed by atoms with Crippen LogP contribution in [0.3, 0.4) is 0 Å². The minimum absolute atomic E-state index is 0.389. The fourth-order valence-electron chi connectivity index (χ4n) is 1.33. The molecule has 2 aromatic heterocycles.